The average Bonchev–Trinajstić information content (AvgIpc) is 3.31. The number of aromatic nitrogens is 1. The lowest BCUT2D eigenvalue weighted by Crippen LogP contribution is -2.29. The van der Waals surface area contributed by atoms with Crippen LogP contribution in [-0.2, 0) is 0 Å². The molecule has 1 atom stereocenters. The Hall–Kier alpha value is -2.30. The van der Waals surface area contributed by atoms with E-state index >= 15 is 0 Å². The van der Waals surface area contributed by atoms with Gasteiger partial charge in [0.2, 0.25) is 0 Å². The minimum atomic E-state index is -0.275. The van der Waals surface area contributed by atoms with Gasteiger partial charge in [0.15, 0.2) is 0 Å². The molecule has 0 amide bonds. The maximum atomic E-state index is 14.8. The molecule has 4 rings (SSSR count). The Bertz CT molecular complexity index is 895. The third-order valence-electron chi connectivity index (χ3n) is 5.04. The molecule has 1 unspecified atom stereocenters. The van der Waals surface area contributed by atoms with Crippen LogP contribution in [0.4, 0.5) is 10.1 Å². The van der Waals surface area contributed by atoms with Crippen molar-refractivity contribution in [3.05, 3.63) is 82.9 Å². The van der Waals surface area contributed by atoms with Crippen molar-refractivity contribution >= 4 is 17.3 Å². The van der Waals surface area contributed by atoms with E-state index in [4.69, 9.17) is 17.3 Å². The van der Waals surface area contributed by atoms with Crippen LogP contribution in [0.3, 0.4) is 0 Å². The standard InChI is InChI=1S/C21H21ClFN3/c22-15-7-5-8-16(23)20(15)21(25-12-3-4-13-25)19-11-6-14-26(19)18-10-2-1-9-17(18)24/h1-2,5-11,14,21H,3-4,12-13,24H2. The number of hydrogen-bond acceptors (Lipinski definition) is 2. The Balaban J connectivity index is 1.89. The minimum absolute atomic E-state index is 0.249. The Morgan fingerprint density at radius 2 is 1.73 bits per heavy atom. The Kier molecular flexibility index (Phi) is 4.70. The number of hydrogen-bond donors (Lipinski definition) is 1. The molecule has 1 aliphatic heterocycles. The van der Waals surface area contributed by atoms with E-state index in [2.05, 4.69) is 4.90 Å². The molecular formula is C21H21ClFN3. The van der Waals surface area contributed by atoms with Gasteiger partial charge in [-0.15, -0.1) is 0 Å². The smallest absolute Gasteiger partial charge is 0.129 e. The highest BCUT2D eigenvalue weighted by atomic mass is 35.5. The maximum Gasteiger partial charge on any atom is 0.129 e. The summed E-state index contributed by atoms with van der Waals surface area (Å²) in [4.78, 5) is 2.30. The second-order valence-electron chi connectivity index (χ2n) is 6.64. The zero-order valence-electron chi connectivity index (χ0n) is 14.4. The van der Waals surface area contributed by atoms with Crippen molar-refractivity contribution in [1.82, 2.24) is 9.47 Å². The monoisotopic (exact) mass is 369 g/mol. The molecule has 1 saturated heterocycles. The van der Waals surface area contributed by atoms with Crippen LogP contribution in [-0.4, -0.2) is 22.6 Å². The number of nitrogens with two attached hydrogens (primary N) is 1. The fraction of sp³-hybridized carbons (Fsp3) is 0.238. The molecule has 2 N–H and O–H groups in total. The predicted octanol–water partition coefficient (Wildman–Crippen LogP) is 5.04. The number of nitrogens with zero attached hydrogens (tertiary/aromatic N) is 2. The molecule has 0 spiro atoms. The largest absolute Gasteiger partial charge is 0.397 e. The molecule has 5 heteroatoms. The van der Waals surface area contributed by atoms with Gasteiger partial charge in [-0.3, -0.25) is 4.90 Å². The molecule has 134 valence electrons. The lowest BCUT2D eigenvalue weighted by atomic mass is 10.0. The van der Waals surface area contributed by atoms with E-state index in [1.165, 1.54) is 6.07 Å². The number of nitrogen functional groups attached to an aromatic ring is 1. The van der Waals surface area contributed by atoms with Crippen molar-refractivity contribution in [1.29, 1.82) is 0 Å². The van der Waals surface area contributed by atoms with Gasteiger partial charge >= 0.3 is 0 Å². The van der Waals surface area contributed by atoms with Crippen LogP contribution >= 0.6 is 11.6 Å². The van der Waals surface area contributed by atoms with Gasteiger partial charge in [-0.05, 0) is 62.3 Å². The van der Waals surface area contributed by atoms with Gasteiger partial charge in [0.05, 0.1) is 17.4 Å². The summed E-state index contributed by atoms with van der Waals surface area (Å²) in [5, 5.41) is 0.454. The summed E-state index contributed by atoms with van der Waals surface area (Å²) in [5.41, 5.74) is 9.28. The lowest BCUT2D eigenvalue weighted by molar-refractivity contribution is 0.269. The Labute approximate surface area is 157 Å². The number of rotatable bonds is 4. The second kappa shape index (κ2) is 7.14. The molecule has 26 heavy (non-hydrogen) atoms. The first-order chi connectivity index (χ1) is 12.7. The fourth-order valence-corrected chi connectivity index (χ4v) is 4.10. The lowest BCUT2D eigenvalue weighted by Gasteiger charge is -2.30. The van der Waals surface area contributed by atoms with Crippen molar-refractivity contribution < 1.29 is 4.39 Å². The van der Waals surface area contributed by atoms with E-state index in [0.29, 0.717) is 16.3 Å². The van der Waals surface area contributed by atoms with Gasteiger partial charge in [0.1, 0.15) is 5.82 Å². The molecule has 2 heterocycles. The zero-order valence-corrected chi connectivity index (χ0v) is 15.2. The summed E-state index contributed by atoms with van der Waals surface area (Å²) in [7, 11) is 0. The predicted molar refractivity (Wildman–Crippen MR) is 104 cm³/mol. The normalized spacial score (nSPS) is 16.1. The van der Waals surface area contributed by atoms with Crippen LogP contribution in [0.1, 0.15) is 30.1 Å². The van der Waals surface area contributed by atoms with E-state index in [1.54, 1.807) is 12.1 Å². The molecule has 0 aliphatic carbocycles. The van der Waals surface area contributed by atoms with Crippen LogP contribution in [0, 0.1) is 5.82 Å². The van der Waals surface area contributed by atoms with E-state index in [0.717, 1.165) is 37.3 Å². The topological polar surface area (TPSA) is 34.2 Å². The third kappa shape index (κ3) is 3.00. The summed E-state index contributed by atoms with van der Waals surface area (Å²) in [5.74, 6) is -0.275. The van der Waals surface area contributed by atoms with Crippen molar-refractivity contribution in [3.63, 3.8) is 0 Å². The van der Waals surface area contributed by atoms with Gasteiger partial charge in [0.25, 0.3) is 0 Å². The molecule has 0 saturated carbocycles. The molecule has 3 nitrogen and oxygen atoms in total. The first kappa shape index (κ1) is 17.1. The first-order valence-corrected chi connectivity index (χ1v) is 9.24. The van der Waals surface area contributed by atoms with Gasteiger partial charge < -0.3 is 10.3 Å². The molecule has 2 aromatic carbocycles. The van der Waals surface area contributed by atoms with Crippen molar-refractivity contribution in [3.8, 4) is 5.69 Å². The number of benzene rings is 2. The molecule has 1 aliphatic rings. The van der Waals surface area contributed by atoms with E-state index < -0.39 is 0 Å². The SMILES string of the molecule is Nc1ccccc1-n1cccc1C(c1c(F)cccc1Cl)N1CCCC1. The summed E-state index contributed by atoms with van der Waals surface area (Å²) < 4.78 is 16.9. The Morgan fingerprint density at radius 1 is 0.962 bits per heavy atom. The number of para-hydroxylation sites is 2. The highest BCUT2D eigenvalue weighted by Gasteiger charge is 2.31. The van der Waals surface area contributed by atoms with Gasteiger partial charge in [-0.1, -0.05) is 29.8 Å². The molecule has 0 bridgehead atoms. The van der Waals surface area contributed by atoms with Crippen LogP contribution < -0.4 is 5.73 Å². The summed E-state index contributed by atoms with van der Waals surface area (Å²) in [6.07, 6.45) is 4.19. The first-order valence-electron chi connectivity index (χ1n) is 8.87. The summed E-state index contributed by atoms with van der Waals surface area (Å²) >= 11 is 6.45. The van der Waals surface area contributed by atoms with Gasteiger partial charge in [-0.2, -0.15) is 0 Å². The van der Waals surface area contributed by atoms with Gasteiger partial charge in [-0.25, -0.2) is 4.39 Å². The third-order valence-corrected chi connectivity index (χ3v) is 5.37. The highest BCUT2D eigenvalue weighted by Crippen LogP contribution is 2.38. The van der Waals surface area contributed by atoms with Gasteiger partial charge in [0, 0.05) is 22.5 Å². The average molecular weight is 370 g/mol. The Morgan fingerprint density at radius 3 is 2.46 bits per heavy atom. The fourth-order valence-electron chi connectivity index (χ4n) is 3.83. The molecule has 1 fully saturated rings. The van der Waals surface area contributed by atoms with Crippen LogP contribution in [0.2, 0.25) is 5.02 Å². The summed E-state index contributed by atoms with van der Waals surface area (Å²) in [6.45, 7) is 1.84. The summed E-state index contributed by atoms with van der Waals surface area (Å²) in [6, 6.07) is 16.4. The number of halogens is 2. The molecule has 3 aromatic rings. The van der Waals surface area contributed by atoms with E-state index in [9.17, 15) is 4.39 Å². The van der Waals surface area contributed by atoms with E-state index in [-0.39, 0.29) is 11.9 Å². The van der Waals surface area contributed by atoms with Crippen molar-refractivity contribution in [2.24, 2.45) is 0 Å². The van der Waals surface area contributed by atoms with Crippen molar-refractivity contribution in [2.45, 2.75) is 18.9 Å². The number of anilines is 1. The maximum absolute atomic E-state index is 14.8. The van der Waals surface area contributed by atoms with Crippen LogP contribution in [0.5, 0.6) is 0 Å². The highest BCUT2D eigenvalue weighted by molar-refractivity contribution is 6.31. The minimum Gasteiger partial charge on any atom is -0.397 e. The zero-order chi connectivity index (χ0) is 18.1. The van der Waals surface area contributed by atoms with Crippen molar-refractivity contribution in [2.75, 3.05) is 18.8 Å². The molecule has 1 aromatic heterocycles. The molecule has 0 radical (unpaired) electrons. The van der Waals surface area contributed by atoms with Crippen LogP contribution in [0.25, 0.3) is 5.69 Å². The van der Waals surface area contributed by atoms with Crippen LogP contribution in [0.15, 0.2) is 60.8 Å². The second-order valence-corrected chi connectivity index (χ2v) is 7.05. The van der Waals surface area contributed by atoms with E-state index in [1.807, 2.05) is 47.2 Å². The quantitative estimate of drug-likeness (QED) is 0.654. The molecular weight excluding hydrogens is 349 g/mol. The number of likely N-dealkylation sites (tertiary alicyclic amines) is 1.